The minimum atomic E-state index is 0.425. The van der Waals surface area contributed by atoms with E-state index in [1.54, 1.807) is 0 Å². The van der Waals surface area contributed by atoms with Crippen molar-refractivity contribution in [2.24, 2.45) is 11.7 Å². The molecule has 0 spiro atoms. The average molecular weight is 270 g/mol. The van der Waals surface area contributed by atoms with Crippen molar-refractivity contribution in [3.63, 3.8) is 0 Å². The molecule has 20 heavy (non-hydrogen) atoms. The van der Waals surface area contributed by atoms with E-state index in [4.69, 9.17) is 5.73 Å². The minimum absolute atomic E-state index is 0.425. The maximum Gasteiger partial charge on any atom is 0.0555 e. The van der Waals surface area contributed by atoms with Crippen LogP contribution >= 0.6 is 0 Å². The predicted octanol–water partition coefficient (Wildman–Crippen LogP) is 3.01. The second-order valence-electron chi connectivity index (χ2n) is 6.05. The van der Waals surface area contributed by atoms with Crippen molar-refractivity contribution in [2.75, 3.05) is 13.1 Å². The van der Waals surface area contributed by atoms with Crippen LogP contribution < -0.4 is 5.73 Å². The fourth-order valence-electron chi connectivity index (χ4n) is 2.40. The molecular formula is C18H26N2. The Morgan fingerprint density at radius 3 is 2.70 bits per heavy atom. The van der Waals surface area contributed by atoms with Crippen molar-refractivity contribution in [1.29, 1.82) is 0 Å². The highest BCUT2D eigenvalue weighted by molar-refractivity contribution is 5.41. The predicted molar refractivity (Wildman–Crippen MR) is 85.3 cm³/mol. The summed E-state index contributed by atoms with van der Waals surface area (Å²) in [6.45, 7) is 7.24. The molecule has 0 radical (unpaired) electrons. The maximum absolute atomic E-state index is 5.48. The van der Waals surface area contributed by atoms with Crippen molar-refractivity contribution in [3.05, 3.63) is 35.4 Å². The quantitative estimate of drug-likeness (QED) is 0.805. The van der Waals surface area contributed by atoms with Crippen molar-refractivity contribution in [2.45, 2.75) is 45.7 Å². The Morgan fingerprint density at radius 2 is 2.05 bits per heavy atom. The molecule has 108 valence electrons. The van der Waals surface area contributed by atoms with Gasteiger partial charge in [0.05, 0.1) is 6.54 Å². The summed E-state index contributed by atoms with van der Waals surface area (Å²) in [4.78, 5) is 2.63. The highest BCUT2D eigenvalue weighted by Crippen LogP contribution is 2.29. The Bertz CT molecular complexity index is 478. The zero-order valence-corrected chi connectivity index (χ0v) is 12.7. The Balaban J connectivity index is 2.06. The molecule has 0 aromatic heterocycles. The molecule has 2 nitrogen and oxygen atoms in total. The van der Waals surface area contributed by atoms with Gasteiger partial charge in [0.15, 0.2) is 0 Å². The highest BCUT2D eigenvalue weighted by Gasteiger charge is 2.28. The van der Waals surface area contributed by atoms with Gasteiger partial charge in [-0.2, -0.15) is 0 Å². The Hall–Kier alpha value is -1.30. The van der Waals surface area contributed by atoms with Crippen LogP contribution in [-0.2, 0) is 6.54 Å². The normalized spacial score (nSPS) is 14.4. The van der Waals surface area contributed by atoms with Crippen LogP contribution in [-0.4, -0.2) is 24.0 Å². The molecular weight excluding hydrogens is 244 g/mol. The zero-order chi connectivity index (χ0) is 14.4. The van der Waals surface area contributed by atoms with Crippen molar-refractivity contribution in [3.8, 4) is 11.8 Å². The van der Waals surface area contributed by atoms with Crippen LogP contribution in [0.25, 0.3) is 0 Å². The van der Waals surface area contributed by atoms with Crippen molar-refractivity contribution >= 4 is 0 Å². The third kappa shape index (κ3) is 4.67. The van der Waals surface area contributed by atoms with Crippen molar-refractivity contribution in [1.82, 2.24) is 4.90 Å². The molecule has 0 bridgehead atoms. The van der Waals surface area contributed by atoms with E-state index in [9.17, 15) is 0 Å². The summed E-state index contributed by atoms with van der Waals surface area (Å²) < 4.78 is 0. The lowest BCUT2D eigenvalue weighted by Crippen LogP contribution is -2.27. The number of hydrogen-bond acceptors (Lipinski definition) is 2. The largest absolute Gasteiger partial charge is 0.320 e. The molecule has 1 saturated carbocycles. The molecule has 1 aromatic carbocycles. The number of nitrogens with two attached hydrogens (primary N) is 1. The lowest BCUT2D eigenvalue weighted by molar-refractivity contribution is 0.239. The summed E-state index contributed by atoms with van der Waals surface area (Å²) in [7, 11) is 0. The van der Waals surface area contributed by atoms with Gasteiger partial charge in [-0.3, -0.25) is 4.90 Å². The van der Waals surface area contributed by atoms with Gasteiger partial charge in [0.2, 0.25) is 0 Å². The smallest absolute Gasteiger partial charge is 0.0555 e. The van der Waals surface area contributed by atoms with Crippen LogP contribution in [0.4, 0.5) is 0 Å². The molecule has 2 heteroatoms. The fourth-order valence-corrected chi connectivity index (χ4v) is 2.40. The van der Waals surface area contributed by atoms with Crippen LogP contribution in [0.2, 0.25) is 0 Å². The lowest BCUT2D eigenvalue weighted by atomic mass is 10.1. The summed E-state index contributed by atoms with van der Waals surface area (Å²) in [5.74, 6) is 6.94. The summed E-state index contributed by atoms with van der Waals surface area (Å²) >= 11 is 0. The Morgan fingerprint density at radius 1 is 1.30 bits per heavy atom. The maximum atomic E-state index is 5.48. The first-order valence-electron chi connectivity index (χ1n) is 7.71. The first kappa shape index (κ1) is 15.1. The van der Waals surface area contributed by atoms with Crippen LogP contribution in [0.5, 0.6) is 0 Å². The molecule has 0 amide bonds. The van der Waals surface area contributed by atoms with Gasteiger partial charge in [-0.15, -0.1) is 0 Å². The third-order valence-corrected chi connectivity index (χ3v) is 3.77. The van der Waals surface area contributed by atoms with E-state index in [1.165, 1.54) is 31.4 Å². The Labute approximate surface area is 123 Å². The molecule has 0 saturated heterocycles. The van der Waals surface area contributed by atoms with Crippen LogP contribution in [0.3, 0.4) is 0 Å². The molecule has 2 N–H and O–H groups in total. The van der Waals surface area contributed by atoms with Gasteiger partial charge in [0.25, 0.3) is 0 Å². The number of benzene rings is 1. The van der Waals surface area contributed by atoms with Gasteiger partial charge in [0, 0.05) is 18.2 Å². The fraction of sp³-hybridized carbons (Fsp3) is 0.556. The number of nitrogens with zero attached hydrogens (tertiary/aromatic N) is 1. The third-order valence-electron chi connectivity index (χ3n) is 3.77. The van der Waals surface area contributed by atoms with E-state index in [1.807, 2.05) is 0 Å². The highest BCUT2D eigenvalue weighted by atomic mass is 15.2. The minimum Gasteiger partial charge on any atom is -0.320 e. The molecule has 1 aliphatic carbocycles. The van der Waals surface area contributed by atoms with E-state index in [-0.39, 0.29) is 0 Å². The first-order valence-corrected chi connectivity index (χ1v) is 7.71. The van der Waals surface area contributed by atoms with Gasteiger partial charge < -0.3 is 5.73 Å². The molecule has 0 heterocycles. The monoisotopic (exact) mass is 270 g/mol. The van der Waals surface area contributed by atoms with Crippen LogP contribution in [0.1, 0.15) is 44.2 Å². The van der Waals surface area contributed by atoms with Crippen LogP contribution in [0, 0.1) is 17.8 Å². The van der Waals surface area contributed by atoms with Crippen LogP contribution in [0.15, 0.2) is 24.3 Å². The van der Waals surface area contributed by atoms with Gasteiger partial charge in [0.1, 0.15) is 0 Å². The number of hydrogen-bond donors (Lipinski definition) is 1. The summed E-state index contributed by atoms with van der Waals surface area (Å²) in [5, 5.41) is 0. The standard InChI is InChI=1S/C18H26N2/c1-15(2)11-13-20(18-9-10-18)14-17-7-4-3-6-16(17)8-5-12-19/h3-4,6-7,15,18H,9-14,19H2,1-2H3. The van der Waals surface area contributed by atoms with E-state index < -0.39 is 0 Å². The van der Waals surface area contributed by atoms with Crippen molar-refractivity contribution < 1.29 is 0 Å². The second kappa shape index (κ2) is 7.47. The molecule has 0 atom stereocenters. The summed E-state index contributed by atoms with van der Waals surface area (Å²) in [5.41, 5.74) is 7.95. The number of rotatable bonds is 6. The van der Waals surface area contributed by atoms with Gasteiger partial charge in [-0.05, 0) is 43.4 Å². The van der Waals surface area contributed by atoms with Gasteiger partial charge in [-0.25, -0.2) is 0 Å². The molecule has 0 aliphatic heterocycles. The topological polar surface area (TPSA) is 29.3 Å². The van der Waals surface area contributed by atoms with Gasteiger partial charge in [-0.1, -0.05) is 43.9 Å². The van der Waals surface area contributed by atoms with E-state index in [2.05, 4.69) is 54.9 Å². The molecule has 1 aromatic rings. The van der Waals surface area contributed by atoms with E-state index >= 15 is 0 Å². The zero-order valence-electron chi connectivity index (χ0n) is 12.7. The molecule has 1 fully saturated rings. The molecule has 2 rings (SSSR count). The Kier molecular flexibility index (Phi) is 5.64. The molecule has 1 aliphatic rings. The first-order chi connectivity index (χ1) is 9.70. The van der Waals surface area contributed by atoms with E-state index in [0.29, 0.717) is 6.54 Å². The lowest BCUT2D eigenvalue weighted by Gasteiger charge is -2.23. The summed E-state index contributed by atoms with van der Waals surface area (Å²) in [6.07, 6.45) is 3.98. The average Bonchev–Trinajstić information content (AvgIpc) is 3.26. The second-order valence-corrected chi connectivity index (χ2v) is 6.05. The SMILES string of the molecule is CC(C)CCN(Cc1ccccc1C#CCN)C1CC1. The summed E-state index contributed by atoms with van der Waals surface area (Å²) in [6, 6.07) is 9.26. The molecule has 0 unspecified atom stereocenters. The van der Waals surface area contributed by atoms with Gasteiger partial charge >= 0.3 is 0 Å². The van der Waals surface area contributed by atoms with E-state index in [0.717, 1.165) is 24.1 Å².